The molecule has 1 N–H and O–H groups in total. The molecule has 4 nitrogen and oxygen atoms in total. The molecule has 0 aliphatic rings. The topological polar surface area (TPSA) is 49.4 Å². The van der Waals surface area contributed by atoms with Crippen molar-refractivity contribution in [2.24, 2.45) is 0 Å². The van der Waals surface area contributed by atoms with Gasteiger partial charge < -0.3 is 10.2 Å². The van der Waals surface area contributed by atoms with E-state index in [4.69, 9.17) is 23.2 Å². The minimum absolute atomic E-state index is 0.106. The van der Waals surface area contributed by atoms with Gasteiger partial charge in [0.25, 0.3) is 0 Å². The zero-order valence-corrected chi connectivity index (χ0v) is 21.0. The van der Waals surface area contributed by atoms with Crippen LogP contribution in [0, 0.1) is 0 Å². The Hall–Kier alpha value is -2.56. The van der Waals surface area contributed by atoms with Crippen LogP contribution in [0.1, 0.15) is 45.2 Å². The molecule has 0 saturated heterocycles. The van der Waals surface area contributed by atoms with Crippen molar-refractivity contribution in [1.82, 2.24) is 10.2 Å². The van der Waals surface area contributed by atoms with Gasteiger partial charge in [0.1, 0.15) is 6.04 Å². The second-order valence-electron chi connectivity index (χ2n) is 9.31. The maximum atomic E-state index is 13.4. The van der Waals surface area contributed by atoms with Gasteiger partial charge in [-0.3, -0.25) is 9.59 Å². The van der Waals surface area contributed by atoms with Crippen LogP contribution in [-0.4, -0.2) is 28.3 Å². The van der Waals surface area contributed by atoms with E-state index < -0.39 is 11.6 Å². The van der Waals surface area contributed by atoms with Crippen molar-refractivity contribution >= 4 is 45.8 Å². The number of nitrogens with zero attached hydrogens (tertiary/aromatic N) is 1. The first-order valence-corrected chi connectivity index (χ1v) is 11.8. The Labute approximate surface area is 205 Å². The maximum absolute atomic E-state index is 13.4. The summed E-state index contributed by atoms with van der Waals surface area (Å²) in [5.41, 5.74) is 1.45. The highest BCUT2D eigenvalue weighted by atomic mass is 35.5. The van der Waals surface area contributed by atoms with Crippen molar-refractivity contribution in [3.05, 3.63) is 81.8 Å². The maximum Gasteiger partial charge on any atom is 0.242 e. The van der Waals surface area contributed by atoms with E-state index in [2.05, 4.69) is 23.5 Å². The summed E-state index contributed by atoms with van der Waals surface area (Å²) in [6.45, 7) is 7.73. The molecular formula is C27H30Cl2N2O2. The van der Waals surface area contributed by atoms with Crippen molar-refractivity contribution in [3.63, 3.8) is 0 Å². The zero-order chi connectivity index (χ0) is 24.2. The van der Waals surface area contributed by atoms with E-state index in [1.54, 1.807) is 30.0 Å². The zero-order valence-electron chi connectivity index (χ0n) is 19.5. The number of carbonyl (C=O) groups is 2. The largest absolute Gasteiger partial charge is 0.350 e. The van der Waals surface area contributed by atoms with Gasteiger partial charge in [-0.2, -0.15) is 0 Å². The van der Waals surface area contributed by atoms with E-state index in [9.17, 15) is 9.59 Å². The molecule has 3 rings (SSSR count). The number of carbonyl (C=O) groups excluding carboxylic acids is 2. The third kappa shape index (κ3) is 6.72. The van der Waals surface area contributed by atoms with Gasteiger partial charge in [0.05, 0.1) is 0 Å². The molecule has 0 radical (unpaired) electrons. The lowest BCUT2D eigenvalue weighted by molar-refractivity contribution is -0.141. The van der Waals surface area contributed by atoms with Crippen molar-refractivity contribution < 1.29 is 9.59 Å². The number of hydrogen-bond donors (Lipinski definition) is 1. The summed E-state index contributed by atoms with van der Waals surface area (Å²) in [6.07, 6.45) is 0.866. The Bertz CT molecular complexity index is 1150. The Balaban J connectivity index is 1.83. The molecule has 0 aromatic heterocycles. The minimum atomic E-state index is -0.656. The number of benzene rings is 3. The highest BCUT2D eigenvalue weighted by molar-refractivity contribution is 6.35. The van der Waals surface area contributed by atoms with Crippen LogP contribution in [0.25, 0.3) is 10.8 Å². The van der Waals surface area contributed by atoms with E-state index in [0.29, 0.717) is 16.5 Å². The summed E-state index contributed by atoms with van der Waals surface area (Å²) in [6, 6.07) is 18.8. The molecule has 0 bridgehead atoms. The number of nitrogens with one attached hydrogen (secondary N) is 1. The highest BCUT2D eigenvalue weighted by Crippen LogP contribution is 2.25. The quantitative estimate of drug-likeness (QED) is 0.420. The van der Waals surface area contributed by atoms with Gasteiger partial charge in [-0.1, -0.05) is 71.7 Å². The summed E-state index contributed by atoms with van der Waals surface area (Å²) in [7, 11) is 0. The molecule has 1 unspecified atom stereocenters. The molecule has 0 saturated carbocycles. The molecule has 0 aliphatic heterocycles. The van der Waals surface area contributed by atoms with Crippen molar-refractivity contribution in [1.29, 1.82) is 0 Å². The second kappa shape index (κ2) is 10.6. The van der Waals surface area contributed by atoms with E-state index >= 15 is 0 Å². The van der Waals surface area contributed by atoms with Gasteiger partial charge in [-0.05, 0) is 68.1 Å². The summed E-state index contributed by atoms with van der Waals surface area (Å²) >= 11 is 12.4. The number of amides is 2. The molecule has 1 atom stereocenters. The smallest absolute Gasteiger partial charge is 0.242 e. The number of halogens is 2. The number of rotatable bonds is 7. The van der Waals surface area contributed by atoms with Gasteiger partial charge in [0, 0.05) is 28.5 Å². The molecule has 0 aliphatic carbocycles. The number of aryl methyl sites for hydroxylation is 1. The lowest BCUT2D eigenvalue weighted by atomic mass is 10.0. The highest BCUT2D eigenvalue weighted by Gasteiger charge is 2.28. The van der Waals surface area contributed by atoms with Crippen LogP contribution in [0.15, 0.2) is 60.7 Å². The fourth-order valence-electron chi connectivity index (χ4n) is 3.79. The Kier molecular flexibility index (Phi) is 8.04. The first-order chi connectivity index (χ1) is 15.5. The minimum Gasteiger partial charge on any atom is -0.350 e. The standard InChI is InChI=1S/C27H30Cl2N2O2/c1-18(26(33)30-27(2,3)4)31(17-21-12-14-22(28)16-24(21)29)25(32)15-13-20-10-7-9-19-8-5-6-11-23(19)20/h5-12,14,16,18H,13,15,17H2,1-4H3,(H,30,33). The third-order valence-electron chi connectivity index (χ3n) is 5.51. The van der Waals surface area contributed by atoms with Crippen molar-refractivity contribution in [2.75, 3.05) is 0 Å². The lowest BCUT2D eigenvalue weighted by Gasteiger charge is -2.32. The van der Waals surface area contributed by atoms with Crippen LogP contribution >= 0.6 is 23.2 Å². The van der Waals surface area contributed by atoms with Gasteiger partial charge in [0.15, 0.2) is 0 Å². The Morgan fingerprint density at radius 3 is 2.36 bits per heavy atom. The third-order valence-corrected chi connectivity index (χ3v) is 6.10. The van der Waals surface area contributed by atoms with E-state index in [-0.39, 0.29) is 24.8 Å². The van der Waals surface area contributed by atoms with Crippen LogP contribution in [0.2, 0.25) is 10.0 Å². The normalized spacial score (nSPS) is 12.4. The summed E-state index contributed by atoms with van der Waals surface area (Å²) in [5.74, 6) is -0.309. The number of fused-ring (bicyclic) bond motifs is 1. The Morgan fingerprint density at radius 1 is 0.970 bits per heavy atom. The number of hydrogen-bond acceptors (Lipinski definition) is 2. The van der Waals surface area contributed by atoms with Crippen LogP contribution in [0.5, 0.6) is 0 Å². The molecule has 6 heteroatoms. The second-order valence-corrected chi connectivity index (χ2v) is 10.2. The molecule has 3 aromatic carbocycles. The SMILES string of the molecule is CC(C(=O)NC(C)(C)C)N(Cc1ccc(Cl)cc1Cl)C(=O)CCc1cccc2ccccc12. The molecule has 174 valence electrons. The summed E-state index contributed by atoms with van der Waals surface area (Å²) in [5, 5.41) is 6.25. The first-order valence-electron chi connectivity index (χ1n) is 11.1. The molecule has 33 heavy (non-hydrogen) atoms. The molecule has 0 heterocycles. The summed E-state index contributed by atoms with van der Waals surface area (Å²) < 4.78 is 0. The first kappa shape index (κ1) is 25.1. The van der Waals surface area contributed by atoms with Crippen LogP contribution < -0.4 is 5.32 Å². The van der Waals surface area contributed by atoms with E-state index in [1.807, 2.05) is 45.0 Å². The van der Waals surface area contributed by atoms with Gasteiger partial charge in [-0.25, -0.2) is 0 Å². The van der Waals surface area contributed by atoms with Gasteiger partial charge >= 0.3 is 0 Å². The fraction of sp³-hybridized carbons (Fsp3) is 0.333. The van der Waals surface area contributed by atoms with Crippen LogP contribution in [0.4, 0.5) is 0 Å². The predicted octanol–water partition coefficient (Wildman–Crippen LogP) is 6.41. The average Bonchev–Trinajstić information content (AvgIpc) is 2.75. The van der Waals surface area contributed by atoms with E-state index in [1.165, 1.54) is 0 Å². The molecule has 0 spiro atoms. The van der Waals surface area contributed by atoms with Gasteiger partial charge in [0.2, 0.25) is 11.8 Å². The van der Waals surface area contributed by atoms with Crippen LogP contribution in [0.3, 0.4) is 0 Å². The average molecular weight is 485 g/mol. The van der Waals surface area contributed by atoms with Crippen LogP contribution in [-0.2, 0) is 22.6 Å². The lowest BCUT2D eigenvalue weighted by Crippen LogP contribution is -2.52. The predicted molar refractivity (Wildman–Crippen MR) is 137 cm³/mol. The van der Waals surface area contributed by atoms with Gasteiger partial charge in [-0.15, -0.1) is 0 Å². The van der Waals surface area contributed by atoms with Crippen molar-refractivity contribution in [3.8, 4) is 0 Å². The van der Waals surface area contributed by atoms with E-state index in [0.717, 1.165) is 21.9 Å². The molecule has 0 fully saturated rings. The Morgan fingerprint density at radius 2 is 1.67 bits per heavy atom. The summed E-state index contributed by atoms with van der Waals surface area (Å²) in [4.78, 5) is 27.9. The molecule has 2 amide bonds. The fourth-order valence-corrected chi connectivity index (χ4v) is 4.25. The molecular weight excluding hydrogens is 455 g/mol. The monoisotopic (exact) mass is 484 g/mol. The van der Waals surface area contributed by atoms with Crippen molar-refractivity contribution in [2.45, 2.75) is 58.7 Å². The molecule has 3 aromatic rings.